The van der Waals surface area contributed by atoms with Gasteiger partial charge in [0.2, 0.25) is 5.28 Å². The summed E-state index contributed by atoms with van der Waals surface area (Å²) in [5, 5.41) is 2.85. The lowest BCUT2D eigenvalue weighted by atomic mass is 10.2. The third-order valence-electron chi connectivity index (χ3n) is 3.76. The Balaban J connectivity index is 1.58. The van der Waals surface area contributed by atoms with Crippen molar-refractivity contribution in [3.8, 4) is 5.75 Å². The first kappa shape index (κ1) is 16.3. The van der Waals surface area contributed by atoms with Gasteiger partial charge < -0.3 is 15.0 Å². The highest BCUT2D eigenvalue weighted by Gasteiger charge is 2.16. The van der Waals surface area contributed by atoms with E-state index in [-0.39, 0.29) is 11.1 Å². The summed E-state index contributed by atoms with van der Waals surface area (Å²) in [7, 11) is 0. The third kappa shape index (κ3) is 3.43. The Morgan fingerprint density at radius 2 is 2.15 bits per heavy atom. The fourth-order valence-corrected chi connectivity index (χ4v) is 2.71. The average molecular weight is 370 g/mol. The van der Waals surface area contributed by atoms with Crippen molar-refractivity contribution in [2.45, 2.75) is 6.54 Å². The van der Waals surface area contributed by atoms with Crippen LogP contribution in [0.15, 0.2) is 61.4 Å². The molecule has 0 radical (unpaired) electrons. The zero-order valence-electron chi connectivity index (χ0n) is 13.4. The number of hydrogen-bond acceptors (Lipinski definition) is 6. The van der Waals surface area contributed by atoms with E-state index >= 15 is 0 Å². The monoisotopic (exact) mass is 369 g/mol. The molecule has 8 heteroatoms. The van der Waals surface area contributed by atoms with E-state index in [0.717, 1.165) is 17.4 Å². The first-order valence-electron chi connectivity index (χ1n) is 7.77. The molecular weight excluding hydrogens is 357 g/mol. The van der Waals surface area contributed by atoms with Gasteiger partial charge in [-0.15, -0.1) is 0 Å². The predicted octanol–water partition coefficient (Wildman–Crippen LogP) is 4.28. The van der Waals surface area contributed by atoms with Crippen molar-refractivity contribution < 1.29 is 9.13 Å². The number of rotatable bonds is 4. The van der Waals surface area contributed by atoms with Crippen LogP contribution in [0.1, 0.15) is 5.56 Å². The van der Waals surface area contributed by atoms with Crippen molar-refractivity contribution in [1.29, 1.82) is 0 Å². The van der Waals surface area contributed by atoms with E-state index in [4.69, 9.17) is 16.3 Å². The zero-order valence-corrected chi connectivity index (χ0v) is 14.2. The van der Waals surface area contributed by atoms with Gasteiger partial charge in [0.05, 0.1) is 11.9 Å². The Bertz CT molecular complexity index is 967. The molecule has 0 spiro atoms. The summed E-state index contributed by atoms with van der Waals surface area (Å²) < 4.78 is 19.4. The molecule has 3 aromatic rings. The number of pyridine rings is 1. The molecule has 1 aliphatic rings. The number of aromatic nitrogens is 3. The van der Waals surface area contributed by atoms with Crippen molar-refractivity contribution >= 4 is 28.8 Å². The van der Waals surface area contributed by atoms with Crippen molar-refractivity contribution in [2.24, 2.45) is 0 Å². The van der Waals surface area contributed by atoms with E-state index in [9.17, 15) is 4.39 Å². The highest BCUT2D eigenvalue weighted by molar-refractivity contribution is 6.28. The molecule has 1 N–H and O–H groups in total. The summed E-state index contributed by atoms with van der Waals surface area (Å²) in [6, 6.07) is 9.37. The number of ether oxygens (including phenoxy) is 1. The standard InChI is InChI=1S/C18H13ClFN5O/c19-18-22-10-14(20)17(24-18)23-13-3-4-15-16(8-13)26-7-6-25(15)11-12-2-1-5-21-9-12/h1-10H,11H2,(H,22,23,24). The van der Waals surface area contributed by atoms with E-state index in [1.165, 1.54) is 0 Å². The minimum absolute atomic E-state index is 0.00326. The van der Waals surface area contributed by atoms with Crippen molar-refractivity contribution in [3.05, 3.63) is 78.0 Å². The minimum Gasteiger partial charge on any atom is -0.461 e. The van der Waals surface area contributed by atoms with E-state index in [0.29, 0.717) is 18.0 Å². The number of anilines is 3. The van der Waals surface area contributed by atoms with E-state index in [2.05, 4.69) is 20.3 Å². The second-order valence-corrected chi connectivity index (χ2v) is 5.87. The molecule has 0 unspecified atom stereocenters. The predicted molar refractivity (Wildman–Crippen MR) is 96.9 cm³/mol. The van der Waals surface area contributed by atoms with Gasteiger partial charge in [0.15, 0.2) is 17.4 Å². The van der Waals surface area contributed by atoms with Gasteiger partial charge in [0.25, 0.3) is 0 Å². The molecule has 0 amide bonds. The van der Waals surface area contributed by atoms with E-state index in [1.54, 1.807) is 18.5 Å². The summed E-state index contributed by atoms with van der Waals surface area (Å²) in [5.74, 6) is 0.0524. The Kier molecular flexibility index (Phi) is 4.37. The van der Waals surface area contributed by atoms with Crippen LogP contribution in [0.3, 0.4) is 0 Å². The van der Waals surface area contributed by atoms with Gasteiger partial charge in [-0.25, -0.2) is 9.37 Å². The quantitative estimate of drug-likeness (QED) is 0.693. The molecule has 130 valence electrons. The lowest BCUT2D eigenvalue weighted by molar-refractivity contribution is 0.469. The third-order valence-corrected chi connectivity index (χ3v) is 3.94. The molecule has 6 nitrogen and oxygen atoms in total. The molecule has 0 bridgehead atoms. The Morgan fingerprint density at radius 3 is 3.00 bits per heavy atom. The van der Waals surface area contributed by atoms with Crippen LogP contribution in [0.4, 0.5) is 21.6 Å². The van der Waals surface area contributed by atoms with Crippen LogP contribution >= 0.6 is 11.6 Å². The molecule has 4 rings (SSSR count). The number of nitrogens with one attached hydrogen (secondary N) is 1. The lowest BCUT2D eigenvalue weighted by Crippen LogP contribution is -2.19. The summed E-state index contributed by atoms with van der Waals surface area (Å²) >= 11 is 5.72. The van der Waals surface area contributed by atoms with Gasteiger partial charge in [-0.2, -0.15) is 4.98 Å². The second-order valence-electron chi connectivity index (χ2n) is 5.54. The highest BCUT2D eigenvalue weighted by Crippen LogP contribution is 2.36. The number of benzene rings is 1. The number of nitrogens with zero attached hydrogens (tertiary/aromatic N) is 4. The van der Waals surface area contributed by atoms with Gasteiger partial charge in [-0.1, -0.05) is 6.07 Å². The molecule has 0 fully saturated rings. The number of halogens is 2. The SMILES string of the molecule is Fc1cnc(Cl)nc1Nc1ccc2c(c1)OC=CN2Cc1cccnc1. The first-order valence-corrected chi connectivity index (χ1v) is 8.15. The summed E-state index contributed by atoms with van der Waals surface area (Å²) in [5.41, 5.74) is 2.59. The van der Waals surface area contributed by atoms with Crippen molar-refractivity contribution in [2.75, 3.05) is 10.2 Å². The van der Waals surface area contributed by atoms with Crippen LogP contribution in [0.5, 0.6) is 5.75 Å². The average Bonchev–Trinajstić information content (AvgIpc) is 2.66. The molecular formula is C18H13ClFN5O. The maximum Gasteiger partial charge on any atom is 0.224 e. The molecule has 3 heterocycles. The van der Waals surface area contributed by atoms with Crippen LogP contribution in [-0.4, -0.2) is 15.0 Å². The normalized spacial score (nSPS) is 12.5. The molecule has 1 aliphatic heterocycles. The van der Waals surface area contributed by atoms with Crippen LogP contribution in [-0.2, 0) is 6.54 Å². The van der Waals surface area contributed by atoms with Crippen molar-refractivity contribution in [1.82, 2.24) is 15.0 Å². The maximum absolute atomic E-state index is 13.8. The zero-order chi connectivity index (χ0) is 17.9. The van der Waals surface area contributed by atoms with Gasteiger partial charge >= 0.3 is 0 Å². The lowest BCUT2D eigenvalue weighted by Gasteiger charge is -2.26. The fourth-order valence-electron chi connectivity index (χ4n) is 2.58. The number of fused-ring (bicyclic) bond motifs is 1. The van der Waals surface area contributed by atoms with Gasteiger partial charge in [0, 0.05) is 36.9 Å². The van der Waals surface area contributed by atoms with Gasteiger partial charge in [0.1, 0.15) is 6.26 Å². The highest BCUT2D eigenvalue weighted by atomic mass is 35.5. The van der Waals surface area contributed by atoms with Gasteiger partial charge in [-0.05, 0) is 35.4 Å². The molecule has 0 saturated heterocycles. The fraction of sp³-hybridized carbons (Fsp3) is 0.0556. The smallest absolute Gasteiger partial charge is 0.224 e. The maximum atomic E-state index is 13.8. The Hall–Kier alpha value is -3.19. The van der Waals surface area contributed by atoms with Crippen LogP contribution < -0.4 is 15.0 Å². The largest absolute Gasteiger partial charge is 0.461 e. The first-order chi connectivity index (χ1) is 12.7. The van der Waals surface area contributed by atoms with Crippen LogP contribution in [0.2, 0.25) is 5.28 Å². The number of hydrogen-bond donors (Lipinski definition) is 1. The van der Waals surface area contributed by atoms with Crippen molar-refractivity contribution in [3.63, 3.8) is 0 Å². The second kappa shape index (κ2) is 6.97. The Morgan fingerprint density at radius 1 is 1.23 bits per heavy atom. The Labute approximate surface area is 153 Å². The summed E-state index contributed by atoms with van der Waals surface area (Å²) in [6.45, 7) is 0.656. The molecule has 2 aromatic heterocycles. The van der Waals surface area contributed by atoms with Crippen LogP contribution in [0.25, 0.3) is 0 Å². The summed E-state index contributed by atoms with van der Waals surface area (Å²) in [4.78, 5) is 13.6. The molecule has 1 aromatic carbocycles. The molecule has 0 aliphatic carbocycles. The van der Waals surface area contributed by atoms with Gasteiger partial charge in [-0.3, -0.25) is 4.98 Å². The summed E-state index contributed by atoms with van der Waals surface area (Å²) in [6.07, 6.45) is 8.03. The molecule has 26 heavy (non-hydrogen) atoms. The molecule has 0 atom stereocenters. The molecule has 0 saturated carbocycles. The minimum atomic E-state index is -0.592. The van der Waals surface area contributed by atoms with E-state index in [1.807, 2.05) is 41.6 Å². The topological polar surface area (TPSA) is 63.2 Å². The van der Waals surface area contributed by atoms with Crippen LogP contribution in [0, 0.1) is 5.82 Å². The van der Waals surface area contributed by atoms with E-state index < -0.39 is 5.82 Å².